The van der Waals surface area contributed by atoms with Crippen molar-refractivity contribution in [2.24, 2.45) is 0 Å². The Kier molecular flexibility index (Phi) is 4.87. The van der Waals surface area contributed by atoms with Gasteiger partial charge in [-0.05, 0) is 44.0 Å². The summed E-state index contributed by atoms with van der Waals surface area (Å²) in [6, 6.07) is 15.3. The van der Waals surface area contributed by atoms with Gasteiger partial charge in [0.15, 0.2) is 18.2 Å². The molecule has 0 aliphatic carbocycles. The van der Waals surface area contributed by atoms with E-state index in [-0.39, 0.29) is 12.5 Å². The highest BCUT2D eigenvalue weighted by atomic mass is 16.5. The fourth-order valence-corrected chi connectivity index (χ4v) is 3.18. The third-order valence-corrected chi connectivity index (χ3v) is 4.61. The Balaban J connectivity index is 1.53. The number of aryl methyl sites for hydroxylation is 1. The van der Waals surface area contributed by atoms with Gasteiger partial charge in [-0.2, -0.15) is 0 Å². The number of rotatable bonds is 5. The number of aromatic nitrogens is 2. The zero-order valence-electron chi connectivity index (χ0n) is 15.3. The van der Waals surface area contributed by atoms with Crippen LogP contribution in [0.3, 0.4) is 0 Å². The van der Waals surface area contributed by atoms with E-state index in [1.165, 1.54) is 0 Å². The number of hydrogen-bond donors (Lipinski definition) is 1. The number of benzene rings is 2. The molecule has 6 heteroatoms. The van der Waals surface area contributed by atoms with Crippen molar-refractivity contribution in [3.63, 3.8) is 0 Å². The van der Waals surface area contributed by atoms with Gasteiger partial charge in [0, 0.05) is 13.1 Å². The minimum absolute atomic E-state index is 0.0724. The molecule has 0 saturated carbocycles. The van der Waals surface area contributed by atoms with E-state index in [9.17, 15) is 4.79 Å². The molecular formula is C21H22N4O2. The van der Waals surface area contributed by atoms with Gasteiger partial charge in [0.05, 0.1) is 11.0 Å². The van der Waals surface area contributed by atoms with E-state index in [0.717, 1.165) is 48.3 Å². The van der Waals surface area contributed by atoms with Crippen molar-refractivity contribution < 1.29 is 9.53 Å². The highest BCUT2D eigenvalue weighted by Crippen LogP contribution is 2.27. The lowest BCUT2D eigenvalue weighted by Crippen LogP contribution is -2.25. The van der Waals surface area contributed by atoms with Crippen LogP contribution in [-0.4, -0.2) is 35.6 Å². The smallest absolute Gasteiger partial charge is 0.263 e. The molecule has 0 radical (unpaired) electrons. The van der Waals surface area contributed by atoms with Crippen LogP contribution in [0.5, 0.6) is 5.75 Å². The summed E-state index contributed by atoms with van der Waals surface area (Å²) >= 11 is 0. The Labute approximate surface area is 158 Å². The van der Waals surface area contributed by atoms with Gasteiger partial charge in [0.2, 0.25) is 0 Å². The molecule has 1 N–H and O–H groups in total. The first-order valence-corrected chi connectivity index (χ1v) is 9.20. The number of amides is 1. The second kappa shape index (κ2) is 7.61. The number of para-hydroxylation sites is 2. The van der Waals surface area contributed by atoms with Crippen molar-refractivity contribution in [3.05, 3.63) is 54.1 Å². The number of carbonyl (C=O) groups excluding carboxylic acids is 1. The first kappa shape index (κ1) is 17.3. The van der Waals surface area contributed by atoms with E-state index < -0.39 is 0 Å². The second-order valence-electron chi connectivity index (χ2n) is 6.73. The largest absolute Gasteiger partial charge is 0.484 e. The number of anilines is 2. The van der Waals surface area contributed by atoms with Crippen molar-refractivity contribution in [1.82, 2.24) is 9.97 Å². The number of hydrogen-bond acceptors (Lipinski definition) is 5. The van der Waals surface area contributed by atoms with Crippen LogP contribution in [0.2, 0.25) is 0 Å². The fraction of sp³-hybridized carbons (Fsp3) is 0.286. The number of fused-ring (bicyclic) bond motifs is 1. The van der Waals surface area contributed by atoms with Crippen LogP contribution in [-0.2, 0) is 4.79 Å². The summed E-state index contributed by atoms with van der Waals surface area (Å²) in [5, 5.41) is 2.88. The maximum atomic E-state index is 12.4. The molecule has 1 fully saturated rings. The maximum absolute atomic E-state index is 12.4. The molecule has 138 valence electrons. The van der Waals surface area contributed by atoms with Gasteiger partial charge < -0.3 is 15.0 Å². The lowest BCUT2D eigenvalue weighted by atomic mass is 10.2. The summed E-state index contributed by atoms with van der Waals surface area (Å²) in [4.78, 5) is 24.0. The summed E-state index contributed by atoms with van der Waals surface area (Å²) in [5.74, 6) is 1.64. The third-order valence-electron chi connectivity index (χ3n) is 4.61. The van der Waals surface area contributed by atoms with Crippen LogP contribution in [0.1, 0.15) is 18.4 Å². The number of carbonyl (C=O) groups is 1. The van der Waals surface area contributed by atoms with Gasteiger partial charge in [-0.3, -0.25) is 4.79 Å². The Morgan fingerprint density at radius 3 is 2.41 bits per heavy atom. The minimum Gasteiger partial charge on any atom is -0.484 e. The Bertz CT molecular complexity index is 950. The average molecular weight is 362 g/mol. The predicted octanol–water partition coefficient (Wildman–Crippen LogP) is 3.56. The maximum Gasteiger partial charge on any atom is 0.263 e. The molecule has 2 aromatic carbocycles. The van der Waals surface area contributed by atoms with Crippen LogP contribution in [0.4, 0.5) is 11.6 Å². The predicted molar refractivity (Wildman–Crippen MR) is 106 cm³/mol. The zero-order valence-corrected chi connectivity index (χ0v) is 15.3. The minimum atomic E-state index is -0.249. The van der Waals surface area contributed by atoms with Crippen molar-refractivity contribution in [2.75, 3.05) is 29.9 Å². The zero-order chi connectivity index (χ0) is 18.6. The first-order chi connectivity index (χ1) is 13.2. The number of nitrogens with one attached hydrogen (secondary N) is 1. The van der Waals surface area contributed by atoms with E-state index in [1.807, 2.05) is 55.5 Å². The van der Waals surface area contributed by atoms with Crippen molar-refractivity contribution >= 4 is 28.6 Å². The molecule has 6 nitrogen and oxygen atoms in total. The van der Waals surface area contributed by atoms with E-state index in [4.69, 9.17) is 9.72 Å². The molecule has 3 aromatic rings. The molecule has 1 aliphatic rings. The lowest BCUT2D eigenvalue weighted by molar-refractivity contribution is -0.118. The first-order valence-electron chi connectivity index (χ1n) is 9.20. The molecule has 0 bridgehead atoms. The average Bonchev–Trinajstić information content (AvgIpc) is 3.21. The van der Waals surface area contributed by atoms with Crippen LogP contribution in [0, 0.1) is 6.92 Å². The molecule has 0 spiro atoms. The molecule has 1 saturated heterocycles. The summed E-state index contributed by atoms with van der Waals surface area (Å²) < 4.78 is 5.57. The Morgan fingerprint density at radius 2 is 1.70 bits per heavy atom. The topological polar surface area (TPSA) is 67.3 Å². The normalized spacial score (nSPS) is 13.7. The monoisotopic (exact) mass is 362 g/mol. The van der Waals surface area contributed by atoms with Gasteiger partial charge in [0.1, 0.15) is 5.75 Å². The summed E-state index contributed by atoms with van der Waals surface area (Å²) in [6.45, 7) is 3.79. The molecule has 2 heterocycles. The van der Waals surface area contributed by atoms with Crippen LogP contribution >= 0.6 is 0 Å². The molecule has 1 amide bonds. The van der Waals surface area contributed by atoms with Gasteiger partial charge in [-0.1, -0.05) is 29.8 Å². The van der Waals surface area contributed by atoms with E-state index >= 15 is 0 Å². The van der Waals surface area contributed by atoms with Crippen molar-refractivity contribution in [1.29, 1.82) is 0 Å². The van der Waals surface area contributed by atoms with Gasteiger partial charge in [-0.15, -0.1) is 0 Å². The number of nitrogens with zero attached hydrogens (tertiary/aromatic N) is 3. The summed E-state index contributed by atoms with van der Waals surface area (Å²) in [5.41, 5.74) is 2.73. The molecule has 1 aliphatic heterocycles. The fourth-order valence-electron chi connectivity index (χ4n) is 3.18. The van der Waals surface area contributed by atoms with Gasteiger partial charge in [-0.25, -0.2) is 9.97 Å². The second-order valence-corrected chi connectivity index (χ2v) is 6.73. The highest BCUT2D eigenvalue weighted by molar-refractivity contribution is 5.95. The van der Waals surface area contributed by atoms with Gasteiger partial charge in [0.25, 0.3) is 5.91 Å². The summed E-state index contributed by atoms with van der Waals surface area (Å²) in [6.07, 6.45) is 2.25. The number of ether oxygens (including phenoxy) is 1. The highest BCUT2D eigenvalue weighted by Gasteiger charge is 2.20. The third kappa shape index (κ3) is 4.00. The van der Waals surface area contributed by atoms with E-state index in [1.54, 1.807) is 0 Å². The van der Waals surface area contributed by atoms with E-state index in [0.29, 0.717) is 11.6 Å². The van der Waals surface area contributed by atoms with Crippen molar-refractivity contribution in [3.8, 4) is 5.75 Å². The van der Waals surface area contributed by atoms with E-state index in [2.05, 4.69) is 15.2 Å². The molecule has 0 unspecified atom stereocenters. The Morgan fingerprint density at radius 1 is 1.04 bits per heavy atom. The quantitative estimate of drug-likeness (QED) is 0.752. The molecule has 1 aromatic heterocycles. The van der Waals surface area contributed by atoms with Crippen molar-refractivity contribution in [2.45, 2.75) is 19.8 Å². The lowest BCUT2D eigenvalue weighted by Gasteiger charge is -2.20. The SMILES string of the molecule is Cc1ccc(OCC(=O)Nc2nc3ccccc3nc2N2CCCC2)cc1. The Hall–Kier alpha value is -3.15. The van der Waals surface area contributed by atoms with Crippen LogP contribution in [0.25, 0.3) is 11.0 Å². The standard InChI is InChI=1S/C21H22N4O2/c1-15-8-10-16(11-9-15)27-14-19(26)24-20-21(25-12-4-5-13-25)23-18-7-3-2-6-17(18)22-20/h2-3,6-11H,4-5,12-14H2,1H3,(H,22,24,26). The molecular weight excluding hydrogens is 340 g/mol. The molecule has 0 atom stereocenters. The molecule has 4 rings (SSSR count). The van der Waals surface area contributed by atoms with Crippen LogP contribution < -0.4 is 15.0 Å². The van der Waals surface area contributed by atoms with Crippen LogP contribution in [0.15, 0.2) is 48.5 Å². The molecule has 27 heavy (non-hydrogen) atoms. The van der Waals surface area contributed by atoms with Gasteiger partial charge >= 0.3 is 0 Å². The summed E-state index contributed by atoms with van der Waals surface area (Å²) in [7, 11) is 0.